The summed E-state index contributed by atoms with van der Waals surface area (Å²) in [7, 11) is 0. The molecule has 0 bridgehead atoms. The second-order valence-electron chi connectivity index (χ2n) is 6.95. The van der Waals surface area contributed by atoms with Crippen molar-refractivity contribution in [2.24, 2.45) is 0 Å². The van der Waals surface area contributed by atoms with Crippen LogP contribution in [0.15, 0.2) is 24.3 Å². The molecule has 0 aliphatic carbocycles. The molecule has 0 amide bonds. The first-order valence-electron chi connectivity index (χ1n) is 9.71. The lowest BCUT2D eigenvalue weighted by atomic mass is 10.2. The van der Waals surface area contributed by atoms with Crippen LogP contribution >= 0.6 is 69.0 Å². The number of ether oxygens (including phenoxy) is 2. The van der Waals surface area contributed by atoms with Crippen LogP contribution in [0, 0.1) is 3.57 Å². The fraction of sp³-hybridized carbons (Fsp3) is 0.500. The van der Waals surface area contributed by atoms with Crippen LogP contribution in [0.3, 0.4) is 0 Å². The Hall–Kier alpha value is -0.130. The van der Waals surface area contributed by atoms with Crippen molar-refractivity contribution < 1.29 is 9.47 Å². The zero-order valence-electron chi connectivity index (χ0n) is 17.3. The van der Waals surface area contributed by atoms with Crippen molar-refractivity contribution in [2.75, 3.05) is 44.4 Å². The van der Waals surface area contributed by atoms with E-state index < -0.39 is 0 Å². The largest absolute Gasteiger partial charge is 0.379 e. The highest BCUT2D eigenvalue weighted by Crippen LogP contribution is 2.25. The molecular formula is C20H25Cl4IN4O2. The lowest BCUT2D eigenvalue weighted by Crippen LogP contribution is -2.43. The molecule has 2 aromatic heterocycles. The van der Waals surface area contributed by atoms with Crippen LogP contribution in [0.25, 0.3) is 0 Å². The van der Waals surface area contributed by atoms with E-state index in [0.29, 0.717) is 32.7 Å². The molecule has 4 rings (SSSR count). The minimum absolute atomic E-state index is 0.341. The Morgan fingerprint density at radius 3 is 1.87 bits per heavy atom. The fourth-order valence-corrected chi connectivity index (χ4v) is 4.73. The lowest BCUT2D eigenvalue weighted by molar-refractivity contribution is 0.0824. The number of nitrogens with zero attached hydrogens (tertiary/aromatic N) is 3. The first kappa shape index (κ1) is 27.1. The number of anilines is 1. The molecule has 11 heteroatoms. The third-order valence-electron chi connectivity index (χ3n) is 4.28. The molecule has 2 aliphatic rings. The van der Waals surface area contributed by atoms with E-state index in [9.17, 15) is 0 Å². The van der Waals surface area contributed by atoms with Gasteiger partial charge in [-0.15, -0.1) is 0 Å². The summed E-state index contributed by atoms with van der Waals surface area (Å²) in [5.41, 5.74) is 1.01. The molecule has 4 heterocycles. The molecule has 31 heavy (non-hydrogen) atoms. The number of halogens is 5. The summed E-state index contributed by atoms with van der Waals surface area (Å²) < 4.78 is 11.5. The fourth-order valence-electron chi connectivity index (χ4n) is 2.86. The maximum atomic E-state index is 5.86. The first-order valence-corrected chi connectivity index (χ1v) is 12.3. The number of morpholine rings is 2. The van der Waals surface area contributed by atoms with Crippen LogP contribution in [-0.2, 0) is 9.47 Å². The summed E-state index contributed by atoms with van der Waals surface area (Å²) in [5, 5.41) is 4.98. The van der Waals surface area contributed by atoms with E-state index in [-0.39, 0.29) is 0 Å². The van der Waals surface area contributed by atoms with Gasteiger partial charge in [0.25, 0.3) is 0 Å². The van der Waals surface area contributed by atoms with E-state index in [1.807, 2.05) is 12.1 Å². The molecule has 0 spiro atoms. The molecule has 172 valence electrons. The van der Waals surface area contributed by atoms with E-state index in [4.69, 9.17) is 55.9 Å². The van der Waals surface area contributed by atoms with Crippen molar-refractivity contribution >= 4 is 74.7 Å². The van der Waals surface area contributed by atoms with Crippen LogP contribution in [0.1, 0.15) is 13.8 Å². The third-order valence-corrected chi connectivity index (χ3v) is 5.68. The van der Waals surface area contributed by atoms with Gasteiger partial charge < -0.3 is 19.7 Å². The summed E-state index contributed by atoms with van der Waals surface area (Å²) in [6.07, 6.45) is 0. The van der Waals surface area contributed by atoms with Gasteiger partial charge in [0.2, 0.25) is 0 Å². The summed E-state index contributed by atoms with van der Waals surface area (Å²) in [6, 6.07) is 8.05. The number of pyridine rings is 2. The van der Waals surface area contributed by atoms with Gasteiger partial charge in [0.05, 0.1) is 26.4 Å². The van der Waals surface area contributed by atoms with E-state index in [1.54, 1.807) is 12.1 Å². The predicted molar refractivity (Wildman–Crippen MR) is 137 cm³/mol. The van der Waals surface area contributed by atoms with Crippen molar-refractivity contribution in [1.29, 1.82) is 0 Å². The van der Waals surface area contributed by atoms with Gasteiger partial charge in [-0.1, -0.05) is 46.4 Å². The molecule has 2 fully saturated rings. The van der Waals surface area contributed by atoms with Gasteiger partial charge in [-0.05, 0) is 60.7 Å². The van der Waals surface area contributed by atoms with Crippen LogP contribution in [0.4, 0.5) is 5.69 Å². The monoisotopic (exact) mass is 620 g/mol. The van der Waals surface area contributed by atoms with Crippen LogP contribution in [-0.4, -0.2) is 61.6 Å². The highest BCUT2D eigenvalue weighted by molar-refractivity contribution is 14.1. The molecular weight excluding hydrogens is 597 g/mol. The molecule has 2 aromatic rings. The van der Waals surface area contributed by atoms with Gasteiger partial charge in [-0.3, -0.25) is 0 Å². The molecule has 2 atom stereocenters. The van der Waals surface area contributed by atoms with Crippen molar-refractivity contribution in [3.05, 3.63) is 48.4 Å². The average Bonchev–Trinajstić information content (AvgIpc) is 2.68. The number of hydrogen-bond donors (Lipinski definition) is 1. The normalized spacial score (nSPS) is 20.8. The van der Waals surface area contributed by atoms with Crippen LogP contribution in [0.2, 0.25) is 20.6 Å². The predicted octanol–water partition coefficient (Wildman–Crippen LogP) is 5.60. The van der Waals surface area contributed by atoms with E-state index in [1.165, 1.54) is 0 Å². The van der Waals surface area contributed by atoms with Gasteiger partial charge in [0, 0.05) is 34.4 Å². The summed E-state index contributed by atoms with van der Waals surface area (Å²) in [4.78, 5) is 9.91. The summed E-state index contributed by atoms with van der Waals surface area (Å²) in [6.45, 7) is 9.34. The lowest BCUT2D eigenvalue weighted by Gasteiger charge is -2.35. The van der Waals surface area contributed by atoms with Crippen LogP contribution in [0.5, 0.6) is 0 Å². The molecule has 2 saturated heterocycles. The average molecular weight is 622 g/mol. The van der Waals surface area contributed by atoms with Gasteiger partial charge in [0.15, 0.2) is 0 Å². The Kier molecular flexibility index (Phi) is 12.4. The molecule has 2 aliphatic heterocycles. The topological polar surface area (TPSA) is 59.5 Å². The van der Waals surface area contributed by atoms with Crippen LogP contribution < -0.4 is 10.2 Å². The zero-order chi connectivity index (χ0) is 22.8. The maximum Gasteiger partial charge on any atom is 0.132 e. The van der Waals surface area contributed by atoms with E-state index >= 15 is 0 Å². The molecule has 0 radical (unpaired) electrons. The quantitative estimate of drug-likeness (QED) is 0.331. The number of rotatable bonds is 1. The smallest absolute Gasteiger partial charge is 0.132 e. The Bertz CT molecular complexity index is 757. The first-order chi connectivity index (χ1) is 14.7. The Labute approximate surface area is 217 Å². The molecule has 1 N–H and O–H groups in total. The molecule has 0 unspecified atom stereocenters. The Morgan fingerprint density at radius 1 is 0.903 bits per heavy atom. The number of aromatic nitrogens is 2. The van der Waals surface area contributed by atoms with Crippen molar-refractivity contribution in [3.63, 3.8) is 0 Å². The van der Waals surface area contributed by atoms with Crippen molar-refractivity contribution in [1.82, 2.24) is 15.3 Å². The SMILES string of the molecule is C[C@@H]1COCCN1.C[C@@H]1COCCN1c1cc(Cl)nc(Cl)c1.Clc1cc(I)cc(Cl)n1. The van der Waals surface area contributed by atoms with Gasteiger partial charge in [0.1, 0.15) is 20.6 Å². The standard InChI is InChI=1S/C10H12Cl2N2O.C5H2Cl2IN.C5H11NO/c1-7-6-15-3-2-14(7)8-4-9(11)13-10(12)5-8;6-4-1-3(8)2-5(7)9-4;1-5-4-7-3-2-6-5/h4-5,7H,2-3,6H2,1H3;1-2H;5-6H,2-4H2,1H3/t7-;;5-/m1.1/s1. The minimum atomic E-state index is 0.341. The van der Waals surface area contributed by atoms with Crippen molar-refractivity contribution in [3.8, 4) is 0 Å². The molecule has 6 nitrogen and oxygen atoms in total. The van der Waals surface area contributed by atoms with E-state index in [2.05, 4.69) is 56.6 Å². The molecule has 0 aromatic carbocycles. The third kappa shape index (κ3) is 10.6. The zero-order valence-corrected chi connectivity index (χ0v) is 22.4. The molecule has 0 saturated carbocycles. The highest BCUT2D eigenvalue weighted by atomic mass is 127. The Morgan fingerprint density at radius 2 is 1.45 bits per heavy atom. The summed E-state index contributed by atoms with van der Waals surface area (Å²) >= 11 is 24.9. The minimum Gasteiger partial charge on any atom is -0.379 e. The van der Waals surface area contributed by atoms with Gasteiger partial charge in [-0.25, -0.2) is 9.97 Å². The highest BCUT2D eigenvalue weighted by Gasteiger charge is 2.19. The Balaban J connectivity index is 0.000000181. The van der Waals surface area contributed by atoms with Gasteiger partial charge >= 0.3 is 0 Å². The maximum absolute atomic E-state index is 5.86. The second-order valence-corrected chi connectivity index (χ2v) is 9.74. The number of hydrogen-bond acceptors (Lipinski definition) is 6. The van der Waals surface area contributed by atoms with Gasteiger partial charge in [-0.2, -0.15) is 0 Å². The van der Waals surface area contributed by atoms with E-state index in [0.717, 1.165) is 48.8 Å². The second kappa shape index (κ2) is 14.2. The number of nitrogens with one attached hydrogen (secondary N) is 1. The summed E-state index contributed by atoms with van der Waals surface area (Å²) in [5.74, 6) is 0. The van der Waals surface area contributed by atoms with Crippen molar-refractivity contribution in [2.45, 2.75) is 25.9 Å².